The number of hydrogen-bond donors (Lipinski definition) is 1. The molecule has 0 aromatic heterocycles. The zero-order valence-corrected chi connectivity index (χ0v) is 14.6. The zero-order chi connectivity index (χ0) is 19.3. The van der Waals surface area contributed by atoms with Gasteiger partial charge in [0.1, 0.15) is 12.3 Å². The van der Waals surface area contributed by atoms with Gasteiger partial charge in [0, 0.05) is 6.04 Å². The van der Waals surface area contributed by atoms with Crippen molar-refractivity contribution in [1.82, 2.24) is 4.31 Å². The van der Waals surface area contributed by atoms with E-state index < -0.39 is 35.2 Å². The van der Waals surface area contributed by atoms with Crippen LogP contribution in [0.1, 0.15) is 18.5 Å². The molecule has 140 valence electrons. The molecule has 0 aliphatic heterocycles. The summed E-state index contributed by atoms with van der Waals surface area (Å²) in [7, 11) is -4.18. The SMILES string of the molecule is C[C@H](c1ccccc1)N(CC(=O)O)S(=O)(=O)c1ccc(OC(F)F)cc1. The van der Waals surface area contributed by atoms with Crippen LogP contribution in [-0.4, -0.2) is 37.0 Å². The third-order valence-electron chi connectivity index (χ3n) is 3.66. The minimum Gasteiger partial charge on any atom is -0.480 e. The van der Waals surface area contributed by atoms with Gasteiger partial charge in [0.05, 0.1) is 4.90 Å². The maximum atomic E-state index is 12.9. The molecule has 0 fully saturated rings. The summed E-state index contributed by atoms with van der Waals surface area (Å²) in [5, 5.41) is 9.12. The van der Waals surface area contributed by atoms with E-state index in [4.69, 9.17) is 5.11 Å². The van der Waals surface area contributed by atoms with Crippen molar-refractivity contribution >= 4 is 16.0 Å². The number of rotatable bonds is 8. The van der Waals surface area contributed by atoms with E-state index in [1.165, 1.54) is 0 Å². The van der Waals surface area contributed by atoms with Crippen LogP contribution in [0.4, 0.5) is 8.78 Å². The fourth-order valence-corrected chi connectivity index (χ4v) is 3.96. The summed E-state index contributed by atoms with van der Waals surface area (Å²) in [4.78, 5) is 11.0. The average Bonchev–Trinajstić information content (AvgIpc) is 2.59. The number of carboxylic acid groups (broad SMARTS) is 1. The standard InChI is InChI=1S/C17H17F2NO5S/c1-12(13-5-3-2-4-6-13)20(11-16(21)22)26(23,24)15-9-7-14(8-10-15)25-17(18)19/h2-10,12,17H,11H2,1H3,(H,21,22)/t12-/m1/s1. The third kappa shape index (κ3) is 4.77. The average molecular weight is 385 g/mol. The largest absolute Gasteiger partial charge is 0.480 e. The van der Waals surface area contributed by atoms with Crippen molar-refractivity contribution in [2.75, 3.05) is 6.54 Å². The van der Waals surface area contributed by atoms with E-state index in [1.807, 2.05) is 0 Å². The first-order valence-electron chi connectivity index (χ1n) is 7.55. The molecule has 0 unspecified atom stereocenters. The Morgan fingerprint density at radius 2 is 1.69 bits per heavy atom. The predicted octanol–water partition coefficient (Wildman–Crippen LogP) is 3.12. The number of benzene rings is 2. The van der Waals surface area contributed by atoms with Gasteiger partial charge in [-0.25, -0.2) is 8.42 Å². The molecule has 0 saturated heterocycles. The van der Waals surface area contributed by atoms with Crippen LogP contribution < -0.4 is 4.74 Å². The molecule has 2 rings (SSSR count). The highest BCUT2D eigenvalue weighted by atomic mass is 32.2. The van der Waals surface area contributed by atoms with Gasteiger partial charge in [-0.15, -0.1) is 0 Å². The van der Waals surface area contributed by atoms with Crippen LogP contribution in [0, 0.1) is 0 Å². The lowest BCUT2D eigenvalue weighted by molar-refractivity contribution is -0.137. The summed E-state index contributed by atoms with van der Waals surface area (Å²) in [5.41, 5.74) is 0.620. The first-order valence-corrected chi connectivity index (χ1v) is 8.99. The number of sulfonamides is 1. The Morgan fingerprint density at radius 3 is 2.19 bits per heavy atom. The Balaban J connectivity index is 2.38. The Kier molecular flexibility index (Phi) is 6.27. The molecule has 0 saturated carbocycles. The molecule has 0 aliphatic carbocycles. The van der Waals surface area contributed by atoms with Crippen LogP contribution in [-0.2, 0) is 14.8 Å². The number of aliphatic carboxylic acids is 1. The van der Waals surface area contributed by atoms with E-state index in [9.17, 15) is 22.0 Å². The summed E-state index contributed by atoms with van der Waals surface area (Å²) >= 11 is 0. The van der Waals surface area contributed by atoms with E-state index in [2.05, 4.69) is 4.74 Å². The van der Waals surface area contributed by atoms with Gasteiger partial charge in [-0.2, -0.15) is 13.1 Å². The number of nitrogens with zero attached hydrogens (tertiary/aromatic N) is 1. The molecule has 1 atom stereocenters. The molecule has 0 bridgehead atoms. The van der Waals surface area contributed by atoms with Crippen LogP contribution >= 0.6 is 0 Å². The molecule has 9 heteroatoms. The maximum absolute atomic E-state index is 12.9. The van der Waals surface area contributed by atoms with E-state index in [0.717, 1.165) is 28.6 Å². The van der Waals surface area contributed by atoms with Crippen LogP contribution in [0.5, 0.6) is 5.75 Å². The molecular weight excluding hydrogens is 368 g/mol. The smallest absolute Gasteiger partial charge is 0.387 e. The molecule has 26 heavy (non-hydrogen) atoms. The van der Waals surface area contributed by atoms with Crippen molar-refractivity contribution in [2.24, 2.45) is 0 Å². The van der Waals surface area contributed by atoms with Gasteiger partial charge >= 0.3 is 12.6 Å². The van der Waals surface area contributed by atoms with E-state index in [-0.39, 0.29) is 10.6 Å². The number of carbonyl (C=O) groups is 1. The van der Waals surface area contributed by atoms with Crippen molar-refractivity contribution in [3.63, 3.8) is 0 Å². The second-order valence-corrected chi connectivity index (χ2v) is 7.27. The fourth-order valence-electron chi connectivity index (χ4n) is 2.39. The summed E-state index contributed by atoms with van der Waals surface area (Å²) in [6.07, 6.45) is 0. The Hall–Kier alpha value is -2.52. The minimum atomic E-state index is -4.18. The highest BCUT2D eigenvalue weighted by Crippen LogP contribution is 2.28. The van der Waals surface area contributed by atoms with Crippen LogP contribution in [0.2, 0.25) is 0 Å². The van der Waals surface area contributed by atoms with Gasteiger partial charge in [-0.05, 0) is 36.8 Å². The number of hydrogen-bond acceptors (Lipinski definition) is 4. The van der Waals surface area contributed by atoms with Crippen molar-refractivity contribution < 1.29 is 31.8 Å². The predicted molar refractivity (Wildman–Crippen MR) is 89.5 cm³/mol. The van der Waals surface area contributed by atoms with Crippen LogP contribution in [0.25, 0.3) is 0 Å². The number of carboxylic acids is 1. The van der Waals surface area contributed by atoms with Crippen LogP contribution in [0.3, 0.4) is 0 Å². The van der Waals surface area contributed by atoms with Gasteiger partial charge in [0.2, 0.25) is 10.0 Å². The molecule has 0 radical (unpaired) electrons. The van der Waals surface area contributed by atoms with Gasteiger partial charge < -0.3 is 9.84 Å². The molecule has 2 aromatic rings. The third-order valence-corrected chi connectivity index (χ3v) is 5.59. The highest BCUT2D eigenvalue weighted by Gasteiger charge is 2.31. The van der Waals surface area contributed by atoms with Gasteiger partial charge in [-0.1, -0.05) is 30.3 Å². The molecule has 0 amide bonds. The highest BCUT2D eigenvalue weighted by molar-refractivity contribution is 7.89. The Labute approximate surface area is 149 Å². The van der Waals surface area contributed by atoms with E-state index in [0.29, 0.717) is 5.56 Å². The zero-order valence-electron chi connectivity index (χ0n) is 13.7. The molecule has 0 heterocycles. The molecule has 1 N–H and O–H groups in total. The Morgan fingerprint density at radius 1 is 1.12 bits per heavy atom. The normalized spacial score (nSPS) is 13.0. The lowest BCUT2D eigenvalue weighted by Crippen LogP contribution is -2.37. The summed E-state index contributed by atoms with van der Waals surface area (Å²) < 4.78 is 55.2. The van der Waals surface area contributed by atoms with Crippen molar-refractivity contribution in [2.45, 2.75) is 24.5 Å². The second kappa shape index (κ2) is 8.24. The topological polar surface area (TPSA) is 83.9 Å². The van der Waals surface area contributed by atoms with Crippen molar-refractivity contribution in [3.05, 3.63) is 60.2 Å². The fraction of sp³-hybridized carbons (Fsp3) is 0.235. The molecular formula is C17H17F2NO5S. The van der Waals surface area contributed by atoms with Gasteiger partial charge in [0.15, 0.2) is 0 Å². The van der Waals surface area contributed by atoms with E-state index in [1.54, 1.807) is 37.3 Å². The first-order chi connectivity index (χ1) is 12.2. The summed E-state index contributed by atoms with van der Waals surface area (Å²) in [6.45, 7) is -2.20. The first kappa shape index (κ1) is 19.8. The van der Waals surface area contributed by atoms with Gasteiger partial charge in [-0.3, -0.25) is 4.79 Å². The maximum Gasteiger partial charge on any atom is 0.387 e. The summed E-state index contributed by atoms with van der Waals surface area (Å²) in [5.74, 6) is -1.51. The molecule has 0 aliphatic rings. The van der Waals surface area contributed by atoms with Gasteiger partial charge in [0.25, 0.3) is 0 Å². The monoisotopic (exact) mass is 385 g/mol. The minimum absolute atomic E-state index is 0.195. The van der Waals surface area contributed by atoms with E-state index >= 15 is 0 Å². The number of alkyl halides is 2. The van der Waals surface area contributed by atoms with Crippen LogP contribution in [0.15, 0.2) is 59.5 Å². The number of ether oxygens (including phenoxy) is 1. The molecule has 2 aromatic carbocycles. The Bertz CT molecular complexity index is 841. The second-order valence-electron chi connectivity index (χ2n) is 5.38. The summed E-state index contributed by atoms with van der Waals surface area (Å²) in [6, 6.07) is 12.2. The lowest BCUT2D eigenvalue weighted by Gasteiger charge is -2.27. The van der Waals surface area contributed by atoms with Crippen molar-refractivity contribution in [3.8, 4) is 5.75 Å². The molecule has 6 nitrogen and oxygen atoms in total. The number of halogens is 2. The quantitative estimate of drug-likeness (QED) is 0.755. The molecule has 0 spiro atoms. The lowest BCUT2D eigenvalue weighted by atomic mass is 10.1. The van der Waals surface area contributed by atoms with Crippen molar-refractivity contribution in [1.29, 1.82) is 0 Å².